The van der Waals surface area contributed by atoms with Gasteiger partial charge in [-0.25, -0.2) is 4.98 Å². The minimum atomic E-state index is -0.108. The van der Waals surface area contributed by atoms with E-state index in [-0.39, 0.29) is 5.91 Å². The van der Waals surface area contributed by atoms with Crippen LogP contribution in [0.2, 0.25) is 0 Å². The molecule has 0 aliphatic carbocycles. The lowest BCUT2D eigenvalue weighted by atomic mass is 10.1. The van der Waals surface area contributed by atoms with Crippen molar-refractivity contribution in [3.05, 3.63) is 60.3 Å². The maximum absolute atomic E-state index is 12.6. The van der Waals surface area contributed by atoms with Crippen LogP contribution in [0.25, 0.3) is 0 Å². The number of amides is 1. The number of nitrogens with zero attached hydrogens (tertiary/aromatic N) is 3. The highest BCUT2D eigenvalue weighted by Crippen LogP contribution is 2.36. The quantitative estimate of drug-likeness (QED) is 0.591. The first-order valence-electron chi connectivity index (χ1n) is 10.3. The van der Waals surface area contributed by atoms with Crippen LogP contribution in [0.5, 0.6) is 0 Å². The van der Waals surface area contributed by atoms with E-state index in [9.17, 15) is 4.79 Å². The summed E-state index contributed by atoms with van der Waals surface area (Å²) in [6.45, 7) is 4.41. The van der Waals surface area contributed by atoms with Gasteiger partial charge >= 0.3 is 0 Å². The second-order valence-corrected chi connectivity index (χ2v) is 7.47. The molecule has 0 bridgehead atoms. The molecular weight excluding hydrogens is 348 g/mol. The SMILES string of the molecule is O=C1Nc2ccccc2N(CC=CCCCN2CCCCC2)c2ncccc21. The number of carbonyl (C=O) groups is 1. The number of carbonyl (C=O) groups excluding carboxylic acids is 1. The Labute approximate surface area is 167 Å². The Morgan fingerprint density at radius 3 is 2.79 bits per heavy atom. The molecule has 0 unspecified atom stereocenters. The Morgan fingerprint density at radius 2 is 1.89 bits per heavy atom. The van der Waals surface area contributed by atoms with Gasteiger partial charge in [0.1, 0.15) is 5.82 Å². The number of aromatic nitrogens is 1. The molecule has 0 spiro atoms. The molecule has 28 heavy (non-hydrogen) atoms. The fraction of sp³-hybridized carbons (Fsp3) is 0.391. The van der Waals surface area contributed by atoms with Gasteiger partial charge in [-0.15, -0.1) is 0 Å². The van der Waals surface area contributed by atoms with Gasteiger partial charge in [-0.3, -0.25) is 4.79 Å². The molecule has 2 aliphatic heterocycles. The van der Waals surface area contributed by atoms with Crippen LogP contribution in [0.1, 0.15) is 42.5 Å². The number of hydrogen-bond donors (Lipinski definition) is 1. The first-order chi connectivity index (χ1) is 13.8. The summed E-state index contributed by atoms with van der Waals surface area (Å²) in [5.74, 6) is 0.603. The molecule has 0 radical (unpaired) electrons. The standard InChI is InChI=1S/C23H28N4O/c28-23-19-11-10-14-24-22(19)27(21-13-5-4-12-20(21)25-23)18-9-2-1-6-15-26-16-7-3-8-17-26/h2,4-5,9-14H,1,3,6-8,15-18H2,(H,25,28). The van der Waals surface area contributed by atoms with Gasteiger partial charge in [0.2, 0.25) is 0 Å². The van der Waals surface area contributed by atoms with Gasteiger partial charge in [-0.2, -0.15) is 0 Å². The molecule has 1 fully saturated rings. The van der Waals surface area contributed by atoms with Crippen LogP contribution in [0, 0.1) is 0 Å². The van der Waals surface area contributed by atoms with Crippen molar-refractivity contribution in [1.29, 1.82) is 0 Å². The number of piperidine rings is 1. The topological polar surface area (TPSA) is 48.5 Å². The molecule has 2 aromatic rings. The number of para-hydroxylation sites is 2. The average molecular weight is 377 g/mol. The number of allylic oxidation sites excluding steroid dienone is 1. The van der Waals surface area contributed by atoms with Gasteiger partial charge in [0, 0.05) is 12.7 Å². The third kappa shape index (κ3) is 4.25. The minimum Gasteiger partial charge on any atom is -0.320 e. The highest BCUT2D eigenvalue weighted by atomic mass is 16.1. The second-order valence-electron chi connectivity index (χ2n) is 7.47. The molecule has 0 atom stereocenters. The first-order valence-corrected chi connectivity index (χ1v) is 10.3. The van der Waals surface area contributed by atoms with Gasteiger partial charge in [-0.1, -0.05) is 30.7 Å². The van der Waals surface area contributed by atoms with Crippen LogP contribution in [-0.2, 0) is 0 Å². The number of fused-ring (bicyclic) bond motifs is 2. The van der Waals surface area contributed by atoms with Crippen LogP contribution >= 0.6 is 0 Å². The van der Waals surface area contributed by atoms with Crippen LogP contribution < -0.4 is 10.2 Å². The number of benzene rings is 1. The van der Waals surface area contributed by atoms with E-state index in [0.29, 0.717) is 17.9 Å². The lowest BCUT2D eigenvalue weighted by molar-refractivity contribution is 0.102. The molecular formula is C23H28N4O. The Morgan fingerprint density at radius 1 is 1.04 bits per heavy atom. The van der Waals surface area contributed by atoms with Gasteiger partial charge in [0.25, 0.3) is 5.91 Å². The van der Waals surface area contributed by atoms with Gasteiger partial charge < -0.3 is 15.1 Å². The molecule has 0 saturated carbocycles. The molecule has 2 aliphatic rings. The number of nitrogens with one attached hydrogen (secondary N) is 1. The lowest BCUT2D eigenvalue weighted by Gasteiger charge is -2.26. The summed E-state index contributed by atoms with van der Waals surface area (Å²) in [6.07, 6.45) is 12.6. The van der Waals surface area contributed by atoms with Crippen molar-refractivity contribution >= 4 is 23.1 Å². The molecule has 1 N–H and O–H groups in total. The highest BCUT2D eigenvalue weighted by molar-refractivity contribution is 6.11. The zero-order chi connectivity index (χ0) is 19.2. The maximum atomic E-state index is 12.6. The Hall–Kier alpha value is -2.66. The van der Waals surface area contributed by atoms with Crippen molar-refractivity contribution in [1.82, 2.24) is 9.88 Å². The summed E-state index contributed by atoms with van der Waals surface area (Å²) < 4.78 is 0. The Kier molecular flexibility index (Phi) is 6.02. The van der Waals surface area contributed by atoms with Crippen molar-refractivity contribution in [3.63, 3.8) is 0 Å². The predicted octanol–water partition coefficient (Wildman–Crippen LogP) is 4.61. The molecule has 5 nitrogen and oxygen atoms in total. The van der Waals surface area contributed by atoms with E-state index in [1.54, 1.807) is 6.20 Å². The number of hydrogen-bond acceptors (Lipinski definition) is 4. The summed E-state index contributed by atoms with van der Waals surface area (Å²) >= 11 is 0. The average Bonchev–Trinajstić information content (AvgIpc) is 2.86. The van der Waals surface area contributed by atoms with Gasteiger partial charge in [-0.05, 0) is 69.6 Å². The normalized spacial score (nSPS) is 17.1. The predicted molar refractivity (Wildman–Crippen MR) is 114 cm³/mol. The lowest BCUT2D eigenvalue weighted by Crippen LogP contribution is -2.30. The number of anilines is 3. The van der Waals surface area contributed by atoms with E-state index in [2.05, 4.69) is 32.3 Å². The van der Waals surface area contributed by atoms with Crippen molar-refractivity contribution in [2.45, 2.75) is 32.1 Å². The first kappa shape index (κ1) is 18.7. The van der Waals surface area contributed by atoms with Crippen LogP contribution in [0.15, 0.2) is 54.7 Å². The third-order valence-electron chi connectivity index (χ3n) is 5.48. The molecule has 4 rings (SSSR count). The van der Waals surface area contributed by atoms with Crippen LogP contribution in [-0.4, -0.2) is 42.0 Å². The summed E-state index contributed by atoms with van der Waals surface area (Å²) in [7, 11) is 0. The smallest absolute Gasteiger partial charge is 0.259 e. The van der Waals surface area contributed by atoms with E-state index in [1.165, 1.54) is 45.3 Å². The molecule has 3 heterocycles. The van der Waals surface area contributed by atoms with E-state index in [0.717, 1.165) is 17.8 Å². The van der Waals surface area contributed by atoms with E-state index >= 15 is 0 Å². The number of rotatable bonds is 6. The monoisotopic (exact) mass is 376 g/mol. The van der Waals surface area contributed by atoms with E-state index in [1.807, 2.05) is 36.4 Å². The zero-order valence-corrected chi connectivity index (χ0v) is 16.3. The zero-order valence-electron chi connectivity index (χ0n) is 16.3. The number of likely N-dealkylation sites (tertiary alicyclic amines) is 1. The molecule has 5 heteroatoms. The fourth-order valence-corrected chi connectivity index (χ4v) is 4.01. The molecule has 1 aromatic carbocycles. The summed E-state index contributed by atoms with van der Waals surface area (Å²) in [4.78, 5) is 21.8. The maximum Gasteiger partial charge on any atom is 0.259 e. The fourth-order valence-electron chi connectivity index (χ4n) is 4.01. The van der Waals surface area contributed by atoms with Crippen LogP contribution in [0.4, 0.5) is 17.2 Å². The second kappa shape index (κ2) is 9.02. The molecule has 1 amide bonds. The Bertz CT molecular complexity index is 842. The summed E-state index contributed by atoms with van der Waals surface area (Å²) in [5, 5.41) is 3.01. The summed E-state index contributed by atoms with van der Waals surface area (Å²) in [6, 6.07) is 11.5. The van der Waals surface area contributed by atoms with Crippen molar-refractivity contribution in [2.75, 3.05) is 36.4 Å². The van der Waals surface area contributed by atoms with Crippen molar-refractivity contribution in [2.24, 2.45) is 0 Å². The van der Waals surface area contributed by atoms with Crippen molar-refractivity contribution < 1.29 is 4.79 Å². The summed E-state index contributed by atoms with van der Waals surface area (Å²) in [5.41, 5.74) is 2.41. The largest absolute Gasteiger partial charge is 0.320 e. The van der Waals surface area contributed by atoms with Crippen LogP contribution in [0.3, 0.4) is 0 Å². The van der Waals surface area contributed by atoms with E-state index < -0.39 is 0 Å². The van der Waals surface area contributed by atoms with Gasteiger partial charge in [0.05, 0.1) is 16.9 Å². The van der Waals surface area contributed by atoms with Crippen molar-refractivity contribution in [3.8, 4) is 0 Å². The minimum absolute atomic E-state index is 0.108. The molecule has 146 valence electrons. The third-order valence-corrected chi connectivity index (χ3v) is 5.48. The number of unbranched alkanes of at least 4 members (excludes halogenated alkanes) is 1. The van der Waals surface area contributed by atoms with Gasteiger partial charge in [0.15, 0.2) is 0 Å². The molecule has 1 saturated heterocycles. The highest BCUT2D eigenvalue weighted by Gasteiger charge is 2.25. The Balaban J connectivity index is 1.43. The molecule has 1 aromatic heterocycles. The number of pyridine rings is 1. The van der Waals surface area contributed by atoms with E-state index in [4.69, 9.17) is 0 Å².